The summed E-state index contributed by atoms with van der Waals surface area (Å²) in [5.74, 6) is 0.792. The quantitative estimate of drug-likeness (QED) is 0.752. The van der Waals surface area contributed by atoms with E-state index in [9.17, 15) is 5.11 Å². The minimum Gasteiger partial charge on any atom is -0.507 e. The molecule has 3 aromatic rings. The monoisotopic (exact) mass is 272 g/mol. The van der Waals surface area contributed by atoms with Gasteiger partial charge in [0.1, 0.15) is 5.75 Å². The molecular formula is C13H9ClN4O. The van der Waals surface area contributed by atoms with Crippen molar-refractivity contribution in [2.75, 3.05) is 0 Å². The molecule has 0 amide bonds. The molecule has 2 aromatic carbocycles. The molecule has 0 saturated carbocycles. The highest BCUT2D eigenvalue weighted by molar-refractivity contribution is 6.31. The van der Waals surface area contributed by atoms with Crippen molar-refractivity contribution in [3.8, 4) is 28.3 Å². The van der Waals surface area contributed by atoms with Gasteiger partial charge >= 0.3 is 0 Å². The molecule has 0 aliphatic heterocycles. The fraction of sp³-hybridized carbons (Fsp3) is 0. The van der Waals surface area contributed by atoms with Crippen molar-refractivity contribution in [1.82, 2.24) is 20.6 Å². The molecule has 0 spiro atoms. The van der Waals surface area contributed by atoms with Crippen LogP contribution in [0, 0.1) is 0 Å². The molecule has 1 heterocycles. The minimum absolute atomic E-state index is 0.193. The highest BCUT2D eigenvalue weighted by Gasteiger charge is 2.07. The molecule has 0 atom stereocenters. The Bertz CT molecular complexity index is 695. The van der Waals surface area contributed by atoms with E-state index in [0.717, 1.165) is 11.1 Å². The first-order valence-electron chi connectivity index (χ1n) is 5.57. The summed E-state index contributed by atoms with van der Waals surface area (Å²) in [6.45, 7) is 0. The number of tetrazole rings is 1. The molecule has 0 unspecified atom stereocenters. The summed E-state index contributed by atoms with van der Waals surface area (Å²) in [6, 6.07) is 12.4. The number of hydrogen-bond donors (Lipinski definition) is 2. The summed E-state index contributed by atoms with van der Waals surface area (Å²) in [7, 11) is 0. The average Bonchev–Trinajstić information content (AvgIpc) is 2.96. The molecular weight excluding hydrogens is 264 g/mol. The zero-order valence-corrected chi connectivity index (χ0v) is 10.5. The number of phenolic OH excluding ortho intramolecular Hbond substituents is 1. The number of nitrogens with one attached hydrogen (secondary N) is 1. The molecule has 0 aliphatic rings. The van der Waals surface area contributed by atoms with Gasteiger partial charge in [-0.05, 0) is 34.2 Å². The van der Waals surface area contributed by atoms with Gasteiger partial charge in [0.2, 0.25) is 0 Å². The second kappa shape index (κ2) is 4.70. The predicted molar refractivity (Wildman–Crippen MR) is 71.7 cm³/mol. The summed E-state index contributed by atoms with van der Waals surface area (Å²) in [6.07, 6.45) is 0. The number of aromatic hydroxyl groups is 1. The van der Waals surface area contributed by atoms with Crippen LogP contribution in [0.15, 0.2) is 42.5 Å². The number of nitrogens with zero attached hydrogens (tertiary/aromatic N) is 3. The van der Waals surface area contributed by atoms with Crippen molar-refractivity contribution in [2.24, 2.45) is 0 Å². The molecule has 0 radical (unpaired) electrons. The maximum Gasteiger partial charge on any atom is 0.179 e. The van der Waals surface area contributed by atoms with Gasteiger partial charge in [0.05, 0.1) is 0 Å². The van der Waals surface area contributed by atoms with Crippen LogP contribution in [0.1, 0.15) is 0 Å². The largest absolute Gasteiger partial charge is 0.507 e. The number of phenols is 1. The van der Waals surface area contributed by atoms with Gasteiger partial charge in [0, 0.05) is 16.1 Å². The maximum atomic E-state index is 9.84. The normalized spacial score (nSPS) is 10.6. The number of benzene rings is 2. The summed E-state index contributed by atoms with van der Waals surface area (Å²) >= 11 is 5.94. The molecule has 0 bridgehead atoms. The zero-order valence-electron chi connectivity index (χ0n) is 9.71. The van der Waals surface area contributed by atoms with Gasteiger partial charge in [-0.2, -0.15) is 0 Å². The third-order valence-electron chi connectivity index (χ3n) is 2.77. The third kappa shape index (κ3) is 2.28. The molecule has 5 nitrogen and oxygen atoms in total. The van der Waals surface area contributed by atoms with E-state index in [1.165, 1.54) is 0 Å². The smallest absolute Gasteiger partial charge is 0.179 e. The van der Waals surface area contributed by atoms with E-state index in [2.05, 4.69) is 20.6 Å². The van der Waals surface area contributed by atoms with Crippen molar-refractivity contribution in [1.29, 1.82) is 0 Å². The molecule has 6 heteroatoms. The lowest BCUT2D eigenvalue weighted by Crippen LogP contribution is -1.83. The summed E-state index contributed by atoms with van der Waals surface area (Å²) in [4.78, 5) is 0. The van der Waals surface area contributed by atoms with Crippen LogP contribution in [-0.2, 0) is 0 Å². The Morgan fingerprint density at radius 1 is 1.00 bits per heavy atom. The minimum atomic E-state index is 0.193. The van der Waals surface area contributed by atoms with Gasteiger partial charge in [-0.25, -0.2) is 5.10 Å². The fourth-order valence-electron chi connectivity index (χ4n) is 1.83. The van der Waals surface area contributed by atoms with Gasteiger partial charge in [0.25, 0.3) is 0 Å². The third-order valence-corrected chi connectivity index (χ3v) is 3.01. The van der Waals surface area contributed by atoms with Crippen LogP contribution in [-0.4, -0.2) is 25.7 Å². The van der Waals surface area contributed by atoms with Crippen molar-refractivity contribution in [3.63, 3.8) is 0 Å². The summed E-state index contributed by atoms with van der Waals surface area (Å²) in [5.41, 5.74) is 2.43. The van der Waals surface area contributed by atoms with Crippen LogP contribution in [0.3, 0.4) is 0 Å². The van der Waals surface area contributed by atoms with E-state index in [1.807, 2.05) is 24.3 Å². The summed E-state index contributed by atoms with van der Waals surface area (Å²) in [5, 5.41) is 24.0. The van der Waals surface area contributed by atoms with Crippen LogP contribution in [0.2, 0.25) is 5.02 Å². The SMILES string of the molecule is Oc1ccc(Cl)cc1-c1ccc(-c2nnn[nH]2)cc1. The van der Waals surface area contributed by atoms with E-state index in [1.54, 1.807) is 18.2 Å². The van der Waals surface area contributed by atoms with Crippen molar-refractivity contribution in [3.05, 3.63) is 47.5 Å². The number of hydrogen-bond acceptors (Lipinski definition) is 4. The van der Waals surface area contributed by atoms with Crippen LogP contribution < -0.4 is 0 Å². The lowest BCUT2D eigenvalue weighted by molar-refractivity contribution is 0.477. The number of H-pyrrole nitrogens is 1. The van der Waals surface area contributed by atoms with E-state index >= 15 is 0 Å². The summed E-state index contributed by atoms with van der Waals surface area (Å²) < 4.78 is 0. The maximum absolute atomic E-state index is 9.84. The van der Waals surface area contributed by atoms with Gasteiger partial charge in [-0.3, -0.25) is 0 Å². The van der Waals surface area contributed by atoms with E-state index in [0.29, 0.717) is 16.4 Å². The standard InChI is InChI=1S/C13H9ClN4O/c14-10-5-6-12(19)11(7-10)8-1-3-9(4-2-8)13-15-17-18-16-13/h1-7,19H,(H,15,16,17,18). The Hall–Kier alpha value is -2.40. The van der Waals surface area contributed by atoms with Gasteiger partial charge < -0.3 is 5.11 Å². The molecule has 94 valence electrons. The highest BCUT2D eigenvalue weighted by atomic mass is 35.5. The molecule has 0 fully saturated rings. The van der Waals surface area contributed by atoms with Gasteiger partial charge in [-0.1, -0.05) is 35.9 Å². The molecule has 0 saturated heterocycles. The zero-order chi connectivity index (χ0) is 13.2. The lowest BCUT2D eigenvalue weighted by Gasteiger charge is -2.06. The fourth-order valence-corrected chi connectivity index (χ4v) is 2.00. The first-order valence-corrected chi connectivity index (χ1v) is 5.95. The van der Waals surface area contributed by atoms with Gasteiger partial charge in [0.15, 0.2) is 5.82 Å². The molecule has 3 rings (SSSR count). The highest BCUT2D eigenvalue weighted by Crippen LogP contribution is 2.32. The van der Waals surface area contributed by atoms with Crippen molar-refractivity contribution < 1.29 is 5.11 Å². The Labute approximate surface area is 113 Å². The Morgan fingerprint density at radius 3 is 2.42 bits per heavy atom. The number of aromatic amines is 1. The molecule has 1 aromatic heterocycles. The first kappa shape index (κ1) is 11.7. The molecule has 0 aliphatic carbocycles. The second-order valence-electron chi connectivity index (χ2n) is 3.99. The lowest BCUT2D eigenvalue weighted by atomic mass is 10.0. The number of rotatable bonds is 2. The van der Waals surface area contributed by atoms with Crippen LogP contribution in [0.25, 0.3) is 22.5 Å². The number of aromatic nitrogens is 4. The topological polar surface area (TPSA) is 74.7 Å². The van der Waals surface area contributed by atoms with E-state index in [4.69, 9.17) is 11.6 Å². The Balaban J connectivity index is 2.01. The first-order chi connectivity index (χ1) is 9.24. The molecule has 2 N–H and O–H groups in total. The van der Waals surface area contributed by atoms with E-state index < -0.39 is 0 Å². The van der Waals surface area contributed by atoms with Crippen molar-refractivity contribution in [2.45, 2.75) is 0 Å². The molecule has 19 heavy (non-hydrogen) atoms. The Morgan fingerprint density at radius 2 is 1.74 bits per heavy atom. The average molecular weight is 273 g/mol. The number of halogens is 1. The van der Waals surface area contributed by atoms with Crippen LogP contribution in [0.5, 0.6) is 5.75 Å². The second-order valence-corrected chi connectivity index (χ2v) is 4.43. The van der Waals surface area contributed by atoms with Crippen LogP contribution in [0.4, 0.5) is 0 Å². The van der Waals surface area contributed by atoms with Crippen molar-refractivity contribution >= 4 is 11.6 Å². The Kier molecular flexibility index (Phi) is 2.89. The van der Waals surface area contributed by atoms with E-state index in [-0.39, 0.29) is 5.75 Å². The predicted octanol–water partition coefficient (Wildman–Crippen LogP) is 2.89. The van der Waals surface area contributed by atoms with Crippen LogP contribution >= 0.6 is 11.6 Å². The van der Waals surface area contributed by atoms with Gasteiger partial charge in [-0.15, -0.1) is 5.10 Å².